The maximum atomic E-state index is 11.8. The first-order chi connectivity index (χ1) is 9.89. The van der Waals surface area contributed by atoms with Crippen LogP contribution in [0.25, 0.3) is 0 Å². The van der Waals surface area contributed by atoms with Crippen molar-refractivity contribution in [2.45, 2.75) is 64.8 Å². The van der Waals surface area contributed by atoms with E-state index in [-0.39, 0.29) is 12.6 Å². The molecule has 1 saturated heterocycles. The van der Waals surface area contributed by atoms with Gasteiger partial charge in [-0.25, -0.2) is 4.79 Å². The van der Waals surface area contributed by atoms with E-state index in [1.54, 1.807) is 20.8 Å². The number of carbonyl (C=O) groups excluding carboxylic acids is 1. The summed E-state index contributed by atoms with van der Waals surface area (Å²) in [5, 5.41) is 12.0. The van der Waals surface area contributed by atoms with Gasteiger partial charge in [0.15, 0.2) is 0 Å². The van der Waals surface area contributed by atoms with Gasteiger partial charge >= 0.3 is 12.1 Å². The van der Waals surface area contributed by atoms with Gasteiger partial charge in [0.1, 0.15) is 11.6 Å². The molecule has 7 heteroatoms. The van der Waals surface area contributed by atoms with Crippen LogP contribution in [0.3, 0.4) is 0 Å². The fraction of sp³-hybridized carbons (Fsp3) is 0.867. The van der Waals surface area contributed by atoms with Gasteiger partial charge in [-0.2, -0.15) is 0 Å². The smallest absolute Gasteiger partial charge is 0.407 e. The van der Waals surface area contributed by atoms with Gasteiger partial charge in [0.2, 0.25) is 0 Å². The number of carbonyl (C=O) groups is 2. The predicted molar refractivity (Wildman–Crippen MR) is 81.9 cm³/mol. The van der Waals surface area contributed by atoms with Crippen LogP contribution in [0.5, 0.6) is 0 Å². The lowest BCUT2D eigenvalue weighted by molar-refractivity contribution is -0.162. The zero-order valence-corrected chi connectivity index (χ0v) is 14.3. The van der Waals surface area contributed by atoms with Gasteiger partial charge in [-0.15, -0.1) is 0 Å². The summed E-state index contributed by atoms with van der Waals surface area (Å²) in [4.78, 5) is 24.9. The molecule has 0 aromatic heterocycles. The van der Waals surface area contributed by atoms with Crippen molar-refractivity contribution in [1.82, 2.24) is 10.2 Å². The molecule has 0 spiro atoms. The molecule has 128 valence electrons. The molecule has 0 aromatic rings. The molecule has 2 atom stereocenters. The van der Waals surface area contributed by atoms with Crippen molar-refractivity contribution >= 4 is 12.1 Å². The number of alkyl carbamates (subject to hydrolysis) is 1. The monoisotopic (exact) mass is 316 g/mol. The molecule has 1 fully saturated rings. The third kappa shape index (κ3) is 6.19. The summed E-state index contributed by atoms with van der Waals surface area (Å²) in [5.74, 6) is -0.917. The molecule has 22 heavy (non-hydrogen) atoms. The second-order valence-corrected chi connectivity index (χ2v) is 7.40. The van der Waals surface area contributed by atoms with E-state index >= 15 is 0 Å². The number of amides is 1. The van der Waals surface area contributed by atoms with Crippen molar-refractivity contribution in [3.8, 4) is 0 Å². The average molecular weight is 316 g/mol. The predicted octanol–water partition coefficient (Wildman–Crippen LogP) is 1.46. The molecule has 1 amide bonds. The highest BCUT2D eigenvalue weighted by Gasteiger charge is 2.38. The van der Waals surface area contributed by atoms with Crippen LogP contribution in [0.15, 0.2) is 0 Å². The Labute approximate surface area is 131 Å². The standard InChI is InChI=1S/C15H28N2O5/c1-10(16-13(20)22-14(2,3)4)7-17-9-15(5,6)21-8-11(17)12(18)19/h10-11H,7-9H2,1-6H3,(H,16,20)(H,18,19). The number of hydrogen-bond acceptors (Lipinski definition) is 5. The molecule has 0 aliphatic carbocycles. The minimum atomic E-state index is -0.917. The highest BCUT2D eigenvalue weighted by atomic mass is 16.6. The maximum absolute atomic E-state index is 11.8. The van der Waals surface area contributed by atoms with Gasteiger partial charge in [-0.1, -0.05) is 0 Å². The number of nitrogens with one attached hydrogen (secondary N) is 1. The number of hydrogen-bond donors (Lipinski definition) is 2. The van der Waals surface area contributed by atoms with E-state index < -0.39 is 29.3 Å². The summed E-state index contributed by atoms with van der Waals surface area (Å²) in [5.41, 5.74) is -0.966. The highest BCUT2D eigenvalue weighted by molar-refractivity contribution is 5.74. The lowest BCUT2D eigenvalue weighted by atomic mass is 10.0. The SMILES string of the molecule is CC(CN1CC(C)(C)OCC1C(=O)O)NC(=O)OC(C)(C)C. The second-order valence-electron chi connectivity index (χ2n) is 7.40. The van der Waals surface area contributed by atoms with Crippen molar-refractivity contribution in [3.05, 3.63) is 0 Å². The Balaban J connectivity index is 2.61. The summed E-state index contributed by atoms with van der Waals surface area (Å²) >= 11 is 0. The quantitative estimate of drug-likeness (QED) is 0.816. The van der Waals surface area contributed by atoms with Crippen LogP contribution in [0, 0.1) is 0 Å². The van der Waals surface area contributed by atoms with Crippen molar-refractivity contribution in [1.29, 1.82) is 0 Å². The molecule has 2 unspecified atom stereocenters. The van der Waals surface area contributed by atoms with Crippen LogP contribution in [-0.2, 0) is 14.3 Å². The third-order valence-corrected chi connectivity index (χ3v) is 3.21. The molecule has 1 aliphatic rings. The summed E-state index contributed by atoms with van der Waals surface area (Å²) < 4.78 is 10.8. The Morgan fingerprint density at radius 3 is 2.55 bits per heavy atom. The van der Waals surface area contributed by atoms with Gasteiger partial charge in [0.25, 0.3) is 0 Å². The van der Waals surface area contributed by atoms with Gasteiger partial charge in [0.05, 0.1) is 12.2 Å². The molecule has 1 aliphatic heterocycles. The normalized spacial score (nSPS) is 23.6. The molecule has 0 aromatic carbocycles. The molecular formula is C15H28N2O5. The minimum Gasteiger partial charge on any atom is -0.480 e. The van der Waals surface area contributed by atoms with Crippen LogP contribution >= 0.6 is 0 Å². The molecule has 7 nitrogen and oxygen atoms in total. The van der Waals surface area contributed by atoms with Crippen LogP contribution in [0.2, 0.25) is 0 Å². The number of rotatable bonds is 4. The highest BCUT2D eigenvalue weighted by Crippen LogP contribution is 2.21. The van der Waals surface area contributed by atoms with Crippen molar-refractivity contribution < 1.29 is 24.2 Å². The summed E-state index contributed by atoms with van der Waals surface area (Å²) in [6.45, 7) is 12.1. The topological polar surface area (TPSA) is 88.1 Å². The third-order valence-electron chi connectivity index (χ3n) is 3.21. The van der Waals surface area contributed by atoms with Crippen LogP contribution in [0.1, 0.15) is 41.5 Å². The van der Waals surface area contributed by atoms with Crippen LogP contribution in [-0.4, -0.2) is 65.1 Å². The van der Waals surface area contributed by atoms with Crippen molar-refractivity contribution in [3.63, 3.8) is 0 Å². The van der Waals surface area contributed by atoms with Crippen LogP contribution in [0.4, 0.5) is 4.79 Å². The lowest BCUT2D eigenvalue weighted by Crippen LogP contribution is -2.59. The zero-order valence-electron chi connectivity index (χ0n) is 14.3. The van der Waals surface area contributed by atoms with Gasteiger partial charge in [-0.3, -0.25) is 9.69 Å². The molecule has 1 rings (SSSR count). The first kappa shape index (κ1) is 18.7. The number of aliphatic carboxylic acids is 1. The van der Waals surface area contributed by atoms with Gasteiger partial charge in [0, 0.05) is 19.1 Å². The van der Waals surface area contributed by atoms with Crippen molar-refractivity contribution in [2.75, 3.05) is 19.7 Å². The average Bonchev–Trinajstić information content (AvgIpc) is 2.23. The fourth-order valence-electron chi connectivity index (χ4n) is 2.38. The Bertz CT molecular complexity index is 417. The first-order valence-electron chi connectivity index (χ1n) is 7.50. The minimum absolute atomic E-state index is 0.140. The van der Waals surface area contributed by atoms with Gasteiger partial charge in [-0.05, 0) is 41.5 Å². The largest absolute Gasteiger partial charge is 0.480 e. The number of nitrogens with zero attached hydrogens (tertiary/aromatic N) is 1. The fourth-order valence-corrected chi connectivity index (χ4v) is 2.38. The van der Waals surface area contributed by atoms with Gasteiger partial charge < -0.3 is 19.9 Å². The Morgan fingerprint density at radius 2 is 2.05 bits per heavy atom. The Hall–Kier alpha value is -1.34. The number of ether oxygens (including phenoxy) is 2. The molecule has 1 heterocycles. The van der Waals surface area contributed by atoms with Crippen LogP contribution < -0.4 is 5.32 Å². The Kier molecular flexibility index (Phi) is 5.81. The molecule has 2 N–H and O–H groups in total. The van der Waals surface area contributed by atoms with E-state index in [2.05, 4.69) is 5.32 Å². The first-order valence-corrected chi connectivity index (χ1v) is 7.50. The molecule has 0 radical (unpaired) electrons. The van der Waals surface area contributed by atoms with E-state index in [0.717, 1.165) is 0 Å². The molecule has 0 bridgehead atoms. The molecule has 0 saturated carbocycles. The maximum Gasteiger partial charge on any atom is 0.407 e. The summed E-state index contributed by atoms with van der Waals surface area (Å²) in [7, 11) is 0. The summed E-state index contributed by atoms with van der Waals surface area (Å²) in [6, 6.07) is -0.929. The van der Waals surface area contributed by atoms with E-state index in [4.69, 9.17) is 9.47 Å². The number of carboxylic acids is 1. The van der Waals surface area contributed by atoms with E-state index in [0.29, 0.717) is 13.1 Å². The number of carboxylic acid groups (broad SMARTS) is 1. The van der Waals surface area contributed by atoms with E-state index in [1.807, 2.05) is 25.7 Å². The number of morpholine rings is 1. The van der Waals surface area contributed by atoms with E-state index in [9.17, 15) is 14.7 Å². The summed E-state index contributed by atoms with van der Waals surface area (Å²) in [6.07, 6.45) is -0.501. The zero-order chi connectivity index (χ0) is 17.1. The molecular weight excluding hydrogens is 288 g/mol. The van der Waals surface area contributed by atoms with E-state index in [1.165, 1.54) is 0 Å². The lowest BCUT2D eigenvalue weighted by Gasteiger charge is -2.42. The van der Waals surface area contributed by atoms with Crippen molar-refractivity contribution in [2.24, 2.45) is 0 Å². The second kappa shape index (κ2) is 6.83. The Morgan fingerprint density at radius 1 is 1.45 bits per heavy atom.